The highest BCUT2D eigenvalue weighted by molar-refractivity contribution is 6.30. The molecule has 0 saturated heterocycles. The molecule has 0 saturated carbocycles. The number of rotatable bonds is 6. The molecule has 0 radical (unpaired) electrons. The van der Waals surface area contributed by atoms with Crippen LogP contribution in [0.1, 0.15) is 29.2 Å². The smallest absolute Gasteiger partial charge is 0.119 e. The van der Waals surface area contributed by atoms with Crippen LogP contribution in [0.4, 0.5) is 0 Å². The van der Waals surface area contributed by atoms with E-state index in [4.69, 9.17) is 16.3 Å². The molecule has 2 N–H and O–H groups in total. The van der Waals surface area contributed by atoms with Crippen LogP contribution in [0, 0.1) is 5.92 Å². The highest BCUT2D eigenvalue weighted by Crippen LogP contribution is 2.28. The molecule has 5 heteroatoms. The Morgan fingerprint density at radius 1 is 1.24 bits per heavy atom. The average Bonchev–Trinajstić information content (AvgIpc) is 2.61. The van der Waals surface area contributed by atoms with Gasteiger partial charge in [-0.1, -0.05) is 29.8 Å². The van der Waals surface area contributed by atoms with Crippen molar-refractivity contribution in [3.8, 4) is 5.75 Å². The average molecular weight is 382 g/mol. The number of aliphatic hydroxyl groups excluding tert-OH is 1. The number of benzene rings is 2. The van der Waals surface area contributed by atoms with E-state index in [1.807, 2.05) is 30.3 Å². The number of nitrogens with one attached hydrogen (secondary N) is 1. The second kappa shape index (κ2) is 9.44. The van der Waals surface area contributed by atoms with Crippen molar-refractivity contribution in [1.82, 2.24) is 5.32 Å². The summed E-state index contributed by atoms with van der Waals surface area (Å²) in [6, 6.07) is 13.8. The van der Waals surface area contributed by atoms with Gasteiger partial charge >= 0.3 is 0 Å². The molecule has 0 heterocycles. The van der Waals surface area contributed by atoms with Gasteiger partial charge in [-0.15, -0.1) is 12.4 Å². The maximum Gasteiger partial charge on any atom is 0.119 e. The standard InChI is InChI=1S/C20H24ClNO2.ClH/c1-24-19-8-7-15-6-5-14(9-17(15)11-19)12-22-13-20(23)16-3-2-4-18(21)10-16;/h2-4,7-8,10-11,14,20,22-23H,5-6,9,12-13H2,1H3;1H. The highest BCUT2D eigenvalue weighted by Gasteiger charge is 2.19. The molecule has 0 amide bonds. The summed E-state index contributed by atoms with van der Waals surface area (Å²) in [6.07, 6.45) is 2.83. The van der Waals surface area contributed by atoms with Crippen molar-refractivity contribution < 1.29 is 9.84 Å². The van der Waals surface area contributed by atoms with Gasteiger partial charge in [-0.3, -0.25) is 0 Å². The van der Waals surface area contributed by atoms with Crippen molar-refractivity contribution in [2.24, 2.45) is 5.92 Å². The van der Waals surface area contributed by atoms with E-state index < -0.39 is 6.10 Å². The van der Waals surface area contributed by atoms with Gasteiger partial charge in [0.25, 0.3) is 0 Å². The lowest BCUT2D eigenvalue weighted by molar-refractivity contribution is 0.172. The number of ether oxygens (including phenoxy) is 1. The van der Waals surface area contributed by atoms with Gasteiger partial charge in [-0.2, -0.15) is 0 Å². The number of aryl methyl sites for hydroxylation is 1. The monoisotopic (exact) mass is 381 g/mol. The van der Waals surface area contributed by atoms with Crippen LogP contribution in [0.15, 0.2) is 42.5 Å². The van der Waals surface area contributed by atoms with Crippen molar-refractivity contribution >= 4 is 24.0 Å². The second-order valence-corrected chi connectivity index (χ2v) is 6.91. The summed E-state index contributed by atoms with van der Waals surface area (Å²) in [7, 11) is 1.71. The first-order valence-corrected chi connectivity index (χ1v) is 8.83. The number of aliphatic hydroxyl groups is 1. The molecule has 2 aromatic carbocycles. The molecule has 1 aliphatic rings. The van der Waals surface area contributed by atoms with Gasteiger partial charge in [0.1, 0.15) is 5.75 Å². The molecule has 136 valence electrons. The first-order valence-electron chi connectivity index (χ1n) is 8.45. The summed E-state index contributed by atoms with van der Waals surface area (Å²) >= 11 is 5.98. The van der Waals surface area contributed by atoms with Gasteiger partial charge in [0.15, 0.2) is 0 Å². The molecular weight excluding hydrogens is 357 g/mol. The maximum atomic E-state index is 10.3. The molecule has 0 fully saturated rings. The van der Waals surface area contributed by atoms with Crippen LogP contribution in [0.3, 0.4) is 0 Å². The van der Waals surface area contributed by atoms with Crippen LogP contribution in [-0.4, -0.2) is 25.3 Å². The molecule has 0 aromatic heterocycles. The van der Waals surface area contributed by atoms with E-state index in [0.717, 1.165) is 30.7 Å². The topological polar surface area (TPSA) is 41.5 Å². The summed E-state index contributed by atoms with van der Waals surface area (Å²) < 4.78 is 5.33. The van der Waals surface area contributed by atoms with Crippen molar-refractivity contribution in [1.29, 1.82) is 0 Å². The van der Waals surface area contributed by atoms with Gasteiger partial charge in [-0.25, -0.2) is 0 Å². The fourth-order valence-corrected chi connectivity index (χ4v) is 3.56. The predicted octanol–water partition coefficient (Wildman–Crippen LogP) is 4.20. The number of fused-ring (bicyclic) bond motifs is 1. The van der Waals surface area contributed by atoms with E-state index in [1.165, 1.54) is 17.5 Å². The quantitative estimate of drug-likeness (QED) is 0.787. The van der Waals surface area contributed by atoms with Crippen LogP contribution in [0.25, 0.3) is 0 Å². The molecule has 3 rings (SSSR count). The molecule has 0 spiro atoms. The normalized spacial score (nSPS) is 17.3. The summed E-state index contributed by atoms with van der Waals surface area (Å²) in [4.78, 5) is 0. The molecule has 25 heavy (non-hydrogen) atoms. The molecule has 3 nitrogen and oxygen atoms in total. The summed E-state index contributed by atoms with van der Waals surface area (Å²) in [5, 5.41) is 14.3. The van der Waals surface area contributed by atoms with E-state index in [1.54, 1.807) is 7.11 Å². The van der Waals surface area contributed by atoms with Gasteiger partial charge in [0, 0.05) is 11.6 Å². The predicted molar refractivity (Wildman–Crippen MR) is 105 cm³/mol. The first kappa shape index (κ1) is 20.1. The molecule has 2 atom stereocenters. The number of hydrogen-bond donors (Lipinski definition) is 2. The fraction of sp³-hybridized carbons (Fsp3) is 0.400. The van der Waals surface area contributed by atoms with Crippen molar-refractivity contribution in [3.63, 3.8) is 0 Å². The molecule has 0 aliphatic heterocycles. The number of hydrogen-bond acceptors (Lipinski definition) is 3. The zero-order chi connectivity index (χ0) is 16.9. The Bertz CT molecular complexity index is 693. The number of methoxy groups -OCH3 is 1. The summed E-state index contributed by atoms with van der Waals surface area (Å²) in [5.41, 5.74) is 3.68. The van der Waals surface area contributed by atoms with Gasteiger partial charge in [0.05, 0.1) is 13.2 Å². The third kappa shape index (κ3) is 5.35. The minimum Gasteiger partial charge on any atom is -0.497 e. The molecule has 2 unspecified atom stereocenters. The van der Waals surface area contributed by atoms with Crippen molar-refractivity contribution in [2.45, 2.75) is 25.4 Å². The molecule has 2 aromatic rings. The zero-order valence-corrected chi connectivity index (χ0v) is 15.9. The lowest BCUT2D eigenvalue weighted by atomic mass is 9.83. The van der Waals surface area contributed by atoms with Crippen LogP contribution < -0.4 is 10.1 Å². The molecule has 1 aliphatic carbocycles. The van der Waals surface area contributed by atoms with Crippen molar-refractivity contribution in [2.75, 3.05) is 20.2 Å². The largest absolute Gasteiger partial charge is 0.497 e. The molecule has 0 bridgehead atoms. The van der Waals surface area contributed by atoms with Gasteiger partial charge < -0.3 is 15.2 Å². The van der Waals surface area contributed by atoms with E-state index >= 15 is 0 Å². The maximum absolute atomic E-state index is 10.3. The Morgan fingerprint density at radius 3 is 2.84 bits per heavy atom. The Balaban J connectivity index is 0.00000225. The van der Waals surface area contributed by atoms with Crippen LogP contribution in [-0.2, 0) is 12.8 Å². The third-order valence-electron chi connectivity index (χ3n) is 4.75. The van der Waals surface area contributed by atoms with E-state index in [-0.39, 0.29) is 12.4 Å². The Labute approximate surface area is 160 Å². The number of halogens is 2. The van der Waals surface area contributed by atoms with Crippen LogP contribution in [0.5, 0.6) is 5.75 Å². The minimum absolute atomic E-state index is 0. The SMILES string of the molecule is COc1ccc2c(c1)CC(CNCC(O)c1cccc(Cl)c1)CC2.Cl. The second-order valence-electron chi connectivity index (χ2n) is 6.47. The lowest BCUT2D eigenvalue weighted by Gasteiger charge is -2.25. The fourth-order valence-electron chi connectivity index (χ4n) is 3.37. The van der Waals surface area contributed by atoms with E-state index in [0.29, 0.717) is 17.5 Å². The Hall–Kier alpha value is -1.26. The summed E-state index contributed by atoms with van der Waals surface area (Å²) in [5.74, 6) is 1.52. The zero-order valence-electron chi connectivity index (χ0n) is 14.4. The molecular formula is C20H25Cl2NO2. The van der Waals surface area contributed by atoms with Gasteiger partial charge in [0.2, 0.25) is 0 Å². The Kier molecular flexibility index (Phi) is 7.57. The van der Waals surface area contributed by atoms with Crippen LogP contribution >= 0.6 is 24.0 Å². The van der Waals surface area contributed by atoms with E-state index in [9.17, 15) is 5.11 Å². The Morgan fingerprint density at radius 2 is 2.08 bits per heavy atom. The van der Waals surface area contributed by atoms with Crippen molar-refractivity contribution in [3.05, 3.63) is 64.2 Å². The van der Waals surface area contributed by atoms with Crippen LogP contribution in [0.2, 0.25) is 5.02 Å². The highest BCUT2D eigenvalue weighted by atomic mass is 35.5. The minimum atomic E-state index is -0.528. The van der Waals surface area contributed by atoms with E-state index in [2.05, 4.69) is 17.4 Å². The third-order valence-corrected chi connectivity index (χ3v) is 4.98. The lowest BCUT2D eigenvalue weighted by Crippen LogP contribution is -2.30. The summed E-state index contributed by atoms with van der Waals surface area (Å²) in [6.45, 7) is 1.45. The van der Waals surface area contributed by atoms with Gasteiger partial charge in [-0.05, 0) is 72.7 Å². The first-order chi connectivity index (χ1) is 11.7.